The first-order valence-electron chi connectivity index (χ1n) is 4.85. The van der Waals surface area contributed by atoms with Crippen LogP contribution < -0.4 is 10.8 Å². The smallest absolute Gasteiger partial charge is 0.115 e. The highest BCUT2D eigenvalue weighted by Gasteiger charge is 2.08. The Morgan fingerprint density at radius 1 is 1.44 bits per heavy atom. The van der Waals surface area contributed by atoms with Crippen LogP contribution in [0.4, 0.5) is 0 Å². The summed E-state index contributed by atoms with van der Waals surface area (Å²) in [7, 11) is 3.07. The SMILES string of the molecule is COC(Cc1ccc(O)cc1)C(=O)[O-].C[NH3+]. The molecule has 0 aliphatic carbocycles. The van der Waals surface area contributed by atoms with E-state index in [1.807, 2.05) is 0 Å². The number of aromatic hydroxyl groups is 1. The average molecular weight is 227 g/mol. The van der Waals surface area contributed by atoms with Gasteiger partial charge in [-0.2, -0.15) is 0 Å². The lowest BCUT2D eigenvalue weighted by Crippen LogP contribution is -2.40. The van der Waals surface area contributed by atoms with Crippen molar-refractivity contribution in [2.75, 3.05) is 14.2 Å². The van der Waals surface area contributed by atoms with Crippen LogP contribution in [0.1, 0.15) is 5.56 Å². The summed E-state index contributed by atoms with van der Waals surface area (Å²) < 4.78 is 4.72. The second kappa shape index (κ2) is 7.67. The monoisotopic (exact) mass is 227 g/mol. The molecule has 0 saturated carbocycles. The maximum atomic E-state index is 10.5. The highest BCUT2D eigenvalue weighted by molar-refractivity contribution is 5.70. The van der Waals surface area contributed by atoms with Gasteiger partial charge in [-0.05, 0) is 17.7 Å². The fourth-order valence-electron chi connectivity index (χ4n) is 1.11. The number of phenols is 1. The van der Waals surface area contributed by atoms with Gasteiger partial charge in [-0.1, -0.05) is 12.1 Å². The van der Waals surface area contributed by atoms with Gasteiger partial charge in [0.2, 0.25) is 0 Å². The van der Waals surface area contributed by atoms with Gasteiger partial charge in [-0.25, -0.2) is 0 Å². The van der Waals surface area contributed by atoms with E-state index < -0.39 is 12.1 Å². The van der Waals surface area contributed by atoms with Gasteiger partial charge < -0.3 is 25.5 Å². The number of hydrogen-bond donors (Lipinski definition) is 2. The van der Waals surface area contributed by atoms with E-state index in [2.05, 4.69) is 5.73 Å². The van der Waals surface area contributed by atoms with Gasteiger partial charge in [0.05, 0.1) is 13.0 Å². The largest absolute Gasteiger partial charge is 0.547 e. The second-order valence-electron chi connectivity index (χ2n) is 2.91. The normalized spacial score (nSPS) is 11.2. The van der Waals surface area contributed by atoms with E-state index in [0.29, 0.717) is 0 Å². The Morgan fingerprint density at radius 2 is 1.94 bits per heavy atom. The van der Waals surface area contributed by atoms with Crippen molar-refractivity contribution in [2.45, 2.75) is 12.5 Å². The summed E-state index contributed by atoms with van der Waals surface area (Å²) in [5, 5.41) is 19.5. The summed E-state index contributed by atoms with van der Waals surface area (Å²) in [5.74, 6) is -1.09. The number of hydrogen-bond acceptors (Lipinski definition) is 4. The van der Waals surface area contributed by atoms with Gasteiger partial charge >= 0.3 is 0 Å². The van der Waals surface area contributed by atoms with E-state index in [0.717, 1.165) is 5.56 Å². The number of ether oxygens (including phenoxy) is 1. The third kappa shape index (κ3) is 4.77. The minimum absolute atomic E-state index is 0.149. The fourth-order valence-corrected chi connectivity index (χ4v) is 1.11. The van der Waals surface area contributed by atoms with Crippen LogP contribution in [0.5, 0.6) is 5.75 Å². The topological polar surface area (TPSA) is 97.2 Å². The summed E-state index contributed by atoms with van der Waals surface area (Å²) in [4.78, 5) is 10.5. The summed E-state index contributed by atoms with van der Waals surface area (Å²) in [6.45, 7) is 0. The molecular weight excluding hydrogens is 210 g/mol. The molecule has 0 amide bonds. The zero-order valence-corrected chi connectivity index (χ0v) is 9.47. The van der Waals surface area contributed by atoms with E-state index >= 15 is 0 Å². The molecule has 0 aliphatic rings. The van der Waals surface area contributed by atoms with Crippen LogP contribution in [0, 0.1) is 0 Å². The maximum absolute atomic E-state index is 10.5. The molecule has 0 saturated heterocycles. The zero-order valence-electron chi connectivity index (χ0n) is 9.47. The standard InChI is InChI=1S/C10H12O4.CH5N/c1-14-9(10(12)13)6-7-2-4-8(11)5-3-7;1-2/h2-5,9,11H,6H2,1H3,(H,12,13);2H2,1H3. The third-order valence-electron chi connectivity index (χ3n) is 1.90. The van der Waals surface area contributed by atoms with E-state index in [1.54, 1.807) is 19.2 Å². The lowest BCUT2D eigenvalue weighted by molar-refractivity contribution is -0.325. The molecule has 16 heavy (non-hydrogen) atoms. The van der Waals surface area contributed by atoms with Gasteiger partial charge in [0.15, 0.2) is 0 Å². The number of carbonyl (C=O) groups is 1. The average Bonchev–Trinajstić information content (AvgIpc) is 2.30. The van der Waals surface area contributed by atoms with E-state index in [-0.39, 0.29) is 12.2 Å². The van der Waals surface area contributed by atoms with E-state index in [1.165, 1.54) is 19.2 Å². The van der Waals surface area contributed by atoms with Crippen molar-refractivity contribution in [3.8, 4) is 5.75 Å². The van der Waals surface area contributed by atoms with Crippen molar-refractivity contribution in [1.82, 2.24) is 0 Å². The molecule has 1 atom stereocenters. The number of rotatable bonds is 4. The number of carboxylic acid groups (broad SMARTS) is 1. The van der Waals surface area contributed by atoms with Crippen LogP contribution >= 0.6 is 0 Å². The van der Waals surface area contributed by atoms with Crippen LogP contribution in [0.15, 0.2) is 24.3 Å². The van der Waals surface area contributed by atoms with Gasteiger partial charge in [0.1, 0.15) is 11.9 Å². The van der Waals surface area contributed by atoms with Crippen molar-refractivity contribution in [3.05, 3.63) is 29.8 Å². The molecule has 0 aliphatic heterocycles. The first kappa shape index (κ1) is 14.4. The van der Waals surface area contributed by atoms with Gasteiger partial charge in [0.25, 0.3) is 0 Å². The number of carbonyl (C=O) groups excluding carboxylic acids is 1. The van der Waals surface area contributed by atoms with Crippen molar-refractivity contribution >= 4 is 5.97 Å². The van der Waals surface area contributed by atoms with E-state index in [4.69, 9.17) is 9.84 Å². The summed E-state index contributed by atoms with van der Waals surface area (Å²) in [6, 6.07) is 6.28. The molecular formula is C11H17NO4. The molecule has 0 fully saturated rings. The first-order valence-corrected chi connectivity index (χ1v) is 4.85. The molecule has 1 rings (SSSR count). The molecule has 1 aromatic rings. The van der Waals surface area contributed by atoms with Crippen molar-refractivity contribution in [2.24, 2.45) is 0 Å². The maximum Gasteiger partial charge on any atom is 0.115 e. The number of quaternary nitrogens is 1. The number of carboxylic acids is 1. The number of methoxy groups -OCH3 is 1. The molecule has 0 spiro atoms. The van der Waals surface area contributed by atoms with Crippen LogP contribution in [0.25, 0.3) is 0 Å². The Balaban J connectivity index is 0.00000106. The van der Waals surface area contributed by atoms with Crippen LogP contribution in [-0.2, 0) is 16.0 Å². The Kier molecular flexibility index (Phi) is 6.91. The summed E-state index contributed by atoms with van der Waals surface area (Å²) in [5.41, 5.74) is 4.03. The third-order valence-corrected chi connectivity index (χ3v) is 1.90. The van der Waals surface area contributed by atoms with Gasteiger partial charge in [-0.15, -0.1) is 0 Å². The molecule has 1 unspecified atom stereocenters. The first-order chi connectivity index (χ1) is 7.63. The highest BCUT2D eigenvalue weighted by atomic mass is 16.5. The fraction of sp³-hybridized carbons (Fsp3) is 0.364. The minimum Gasteiger partial charge on any atom is -0.547 e. The summed E-state index contributed by atoms with van der Waals surface area (Å²) >= 11 is 0. The molecule has 0 radical (unpaired) electrons. The van der Waals surface area contributed by atoms with Crippen LogP contribution in [-0.4, -0.2) is 31.3 Å². The molecule has 90 valence electrons. The van der Waals surface area contributed by atoms with Crippen molar-refractivity contribution in [3.63, 3.8) is 0 Å². The second-order valence-corrected chi connectivity index (χ2v) is 2.91. The van der Waals surface area contributed by atoms with E-state index in [9.17, 15) is 9.90 Å². The van der Waals surface area contributed by atoms with Crippen molar-refractivity contribution < 1.29 is 25.5 Å². The Bertz CT molecular complexity index is 310. The molecule has 0 aromatic heterocycles. The molecule has 5 nitrogen and oxygen atoms in total. The Hall–Kier alpha value is -1.59. The van der Waals surface area contributed by atoms with Crippen LogP contribution in [0.3, 0.4) is 0 Å². The predicted molar refractivity (Wildman–Crippen MR) is 56.4 cm³/mol. The zero-order chi connectivity index (χ0) is 12.6. The number of benzene rings is 1. The Morgan fingerprint density at radius 3 is 2.31 bits per heavy atom. The molecule has 4 N–H and O–H groups in total. The lowest BCUT2D eigenvalue weighted by Gasteiger charge is -2.15. The van der Waals surface area contributed by atoms with Gasteiger partial charge in [0, 0.05) is 13.5 Å². The molecule has 0 heterocycles. The number of phenolic OH excluding ortho intramolecular Hbond substituents is 1. The quantitative estimate of drug-likeness (QED) is 0.658. The van der Waals surface area contributed by atoms with Crippen LogP contribution in [0.2, 0.25) is 0 Å². The van der Waals surface area contributed by atoms with Crippen molar-refractivity contribution in [1.29, 1.82) is 0 Å². The molecule has 0 bridgehead atoms. The highest BCUT2D eigenvalue weighted by Crippen LogP contribution is 2.11. The minimum atomic E-state index is -1.24. The number of aliphatic carboxylic acids is 1. The molecule has 5 heteroatoms. The Labute approximate surface area is 94.5 Å². The molecule has 1 aromatic carbocycles. The van der Waals surface area contributed by atoms with Gasteiger partial charge in [-0.3, -0.25) is 0 Å². The predicted octanol–water partition coefficient (Wildman–Crippen LogP) is -1.44. The summed E-state index contributed by atoms with van der Waals surface area (Å²) in [6.07, 6.45) is -0.710. The lowest BCUT2D eigenvalue weighted by atomic mass is 10.1.